The zero-order chi connectivity index (χ0) is 14.0. The van der Waals surface area contributed by atoms with Crippen LogP contribution in [-0.4, -0.2) is 10.5 Å². The molecule has 0 spiro atoms. The Kier molecular flexibility index (Phi) is 4.32. The van der Waals surface area contributed by atoms with Crippen molar-refractivity contribution in [3.05, 3.63) is 51.2 Å². The second-order valence-corrected chi connectivity index (χ2v) is 5.52. The molecule has 0 unspecified atom stereocenters. The number of benzene rings is 1. The third-order valence-electron chi connectivity index (χ3n) is 2.95. The molecule has 5 heteroatoms. The van der Waals surface area contributed by atoms with Crippen molar-refractivity contribution in [1.82, 2.24) is 4.57 Å². The van der Waals surface area contributed by atoms with Crippen molar-refractivity contribution in [2.45, 2.75) is 20.4 Å². The highest BCUT2D eigenvalue weighted by Gasteiger charge is 2.13. The lowest BCUT2D eigenvalue weighted by molar-refractivity contribution is 0.101. The lowest BCUT2D eigenvalue weighted by atomic mass is 10.2. The number of aryl methyl sites for hydroxylation is 1. The van der Waals surface area contributed by atoms with Crippen LogP contribution in [0, 0.1) is 6.92 Å². The Morgan fingerprint density at radius 1 is 1.47 bits per heavy atom. The Morgan fingerprint density at radius 3 is 2.89 bits per heavy atom. The number of amides is 1. The van der Waals surface area contributed by atoms with Gasteiger partial charge in [0.05, 0.1) is 0 Å². The SMILES string of the molecule is CCn1cc(Br)cc1C(=O)Nc1cccc(Cl)c1C. The van der Waals surface area contributed by atoms with Crippen LogP contribution in [0.5, 0.6) is 0 Å². The van der Waals surface area contributed by atoms with E-state index < -0.39 is 0 Å². The molecule has 1 amide bonds. The second-order valence-electron chi connectivity index (χ2n) is 4.20. The fourth-order valence-corrected chi connectivity index (χ4v) is 2.49. The topological polar surface area (TPSA) is 34.0 Å². The van der Waals surface area contributed by atoms with Gasteiger partial charge < -0.3 is 9.88 Å². The summed E-state index contributed by atoms with van der Waals surface area (Å²) in [7, 11) is 0. The number of carbonyl (C=O) groups excluding carboxylic acids is 1. The van der Waals surface area contributed by atoms with Gasteiger partial charge in [-0.25, -0.2) is 0 Å². The average molecular weight is 342 g/mol. The highest BCUT2D eigenvalue weighted by molar-refractivity contribution is 9.10. The van der Waals surface area contributed by atoms with Gasteiger partial charge in [0.1, 0.15) is 5.69 Å². The number of hydrogen-bond acceptors (Lipinski definition) is 1. The van der Waals surface area contributed by atoms with Crippen LogP contribution in [0.2, 0.25) is 5.02 Å². The van der Waals surface area contributed by atoms with Crippen molar-refractivity contribution < 1.29 is 4.79 Å². The summed E-state index contributed by atoms with van der Waals surface area (Å²) in [5.41, 5.74) is 2.22. The van der Waals surface area contributed by atoms with E-state index in [1.165, 1.54) is 0 Å². The Bertz CT molecular complexity index is 622. The van der Waals surface area contributed by atoms with Crippen molar-refractivity contribution in [2.75, 3.05) is 5.32 Å². The molecule has 1 heterocycles. The minimum absolute atomic E-state index is 0.141. The Hall–Kier alpha value is -1.26. The van der Waals surface area contributed by atoms with Crippen LogP contribution in [0.1, 0.15) is 23.0 Å². The first kappa shape index (κ1) is 14.2. The molecule has 0 aliphatic heterocycles. The predicted molar refractivity (Wildman–Crippen MR) is 81.9 cm³/mol. The molecular formula is C14H14BrClN2O. The minimum atomic E-state index is -0.141. The molecule has 1 aromatic heterocycles. The van der Waals surface area contributed by atoms with Gasteiger partial charge in [0.2, 0.25) is 0 Å². The summed E-state index contributed by atoms with van der Waals surface area (Å²) in [5.74, 6) is -0.141. The van der Waals surface area contributed by atoms with Gasteiger partial charge in [0.25, 0.3) is 5.91 Å². The second kappa shape index (κ2) is 5.80. The summed E-state index contributed by atoms with van der Waals surface area (Å²) in [6.07, 6.45) is 1.89. The number of rotatable bonds is 3. The van der Waals surface area contributed by atoms with E-state index in [4.69, 9.17) is 11.6 Å². The van der Waals surface area contributed by atoms with Crippen LogP contribution in [-0.2, 0) is 6.54 Å². The molecule has 19 heavy (non-hydrogen) atoms. The molecule has 2 aromatic rings. The molecule has 0 saturated heterocycles. The van der Waals surface area contributed by atoms with Gasteiger partial charge in [0, 0.05) is 27.9 Å². The number of nitrogens with zero attached hydrogens (tertiary/aromatic N) is 1. The van der Waals surface area contributed by atoms with E-state index in [-0.39, 0.29) is 5.91 Å². The van der Waals surface area contributed by atoms with E-state index >= 15 is 0 Å². The van der Waals surface area contributed by atoms with Gasteiger partial charge >= 0.3 is 0 Å². The molecule has 0 aliphatic rings. The fourth-order valence-electron chi connectivity index (χ4n) is 1.86. The monoisotopic (exact) mass is 340 g/mol. The molecular weight excluding hydrogens is 328 g/mol. The minimum Gasteiger partial charge on any atom is -0.343 e. The first-order valence-corrected chi connectivity index (χ1v) is 7.12. The van der Waals surface area contributed by atoms with Crippen LogP contribution in [0.15, 0.2) is 34.9 Å². The average Bonchev–Trinajstić information content (AvgIpc) is 2.76. The quantitative estimate of drug-likeness (QED) is 0.877. The summed E-state index contributed by atoms with van der Waals surface area (Å²) >= 11 is 9.42. The maximum atomic E-state index is 12.3. The lowest BCUT2D eigenvalue weighted by Crippen LogP contribution is -2.17. The molecule has 3 nitrogen and oxygen atoms in total. The molecule has 0 aliphatic carbocycles. The maximum Gasteiger partial charge on any atom is 0.272 e. The van der Waals surface area contributed by atoms with E-state index in [0.717, 1.165) is 22.3 Å². The summed E-state index contributed by atoms with van der Waals surface area (Å²) < 4.78 is 2.78. The standard InChI is InChI=1S/C14H14BrClN2O/c1-3-18-8-10(15)7-13(18)14(19)17-12-6-4-5-11(16)9(12)2/h4-8H,3H2,1-2H3,(H,17,19). The van der Waals surface area contributed by atoms with Crippen LogP contribution in [0.4, 0.5) is 5.69 Å². The van der Waals surface area contributed by atoms with Gasteiger partial charge in [-0.1, -0.05) is 17.7 Å². The van der Waals surface area contributed by atoms with Crippen LogP contribution in [0.3, 0.4) is 0 Å². The van der Waals surface area contributed by atoms with Gasteiger partial charge in [0.15, 0.2) is 0 Å². The molecule has 1 N–H and O–H groups in total. The van der Waals surface area contributed by atoms with E-state index in [9.17, 15) is 4.79 Å². The Morgan fingerprint density at radius 2 is 2.21 bits per heavy atom. The zero-order valence-electron chi connectivity index (χ0n) is 10.7. The predicted octanol–water partition coefficient (Wildman–Crippen LogP) is 4.48. The largest absolute Gasteiger partial charge is 0.343 e. The fraction of sp³-hybridized carbons (Fsp3) is 0.214. The van der Waals surface area contributed by atoms with Crippen molar-refractivity contribution in [3.63, 3.8) is 0 Å². The van der Waals surface area contributed by atoms with Crippen LogP contribution in [0.25, 0.3) is 0 Å². The normalized spacial score (nSPS) is 10.5. The number of aromatic nitrogens is 1. The molecule has 0 radical (unpaired) electrons. The first-order chi connectivity index (χ1) is 9.02. The van der Waals surface area contributed by atoms with Crippen LogP contribution < -0.4 is 5.32 Å². The summed E-state index contributed by atoms with van der Waals surface area (Å²) in [5, 5.41) is 3.53. The molecule has 0 bridgehead atoms. The zero-order valence-corrected chi connectivity index (χ0v) is 13.0. The highest BCUT2D eigenvalue weighted by atomic mass is 79.9. The van der Waals surface area contributed by atoms with E-state index in [2.05, 4.69) is 21.2 Å². The van der Waals surface area contributed by atoms with E-state index in [1.807, 2.05) is 36.7 Å². The van der Waals surface area contributed by atoms with Crippen molar-refractivity contribution in [2.24, 2.45) is 0 Å². The summed E-state index contributed by atoms with van der Waals surface area (Å²) in [4.78, 5) is 12.3. The number of carbonyl (C=O) groups is 1. The molecule has 0 saturated carbocycles. The Labute approximate surface area is 125 Å². The molecule has 0 atom stereocenters. The number of nitrogens with one attached hydrogen (secondary N) is 1. The first-order valence-electron chi connectivity index (χ1n) is 5.95. The number of hydrogen-bond donors (Lipinski definition) is 1. The van der Waals surface area contributed by atoms with Gasteiger partial charge in [-0.15, -0.1) is 0 Å². The van der Waals surface area contributed by atoms with Gasteiger partial charge in [-0.3, -0.25) is 4.79 Å². The van der Waals surface area contributed by atoms with Crippen molar-refractivity contribution in [3.8, 4) is 0 Å². The van der Waals surface area contributed by atoms with E-state index in [0.29, 0.717) is 10.7 Å². The number of halogens is 2. The third-order valence-corrected chi connectivity index (χ3v) is 3.80. The molecule has 100 valence electrons. The smallest absolute Gasteiger partial charge is 0.272 e. The molecule has 2 rings (SSSR count). The molecule has 0 fully saturated rings. The van der Waals surface area contributed by atoms with Crippen LogP contribution >= 0.6 is 27.5 Å². The Balaban J connectivity index is 2.28. The highest BCUT2D eigenvalue weighted by Crippen LogP contribution is 2.24. The number of anilines is 1. The summed E-state index contributed by atoms with van der Waals surface area (Å²) in [6, 6.07) is 7.27. The van der Waals surface area contributed by atoms with Crippen molar-refractivity contribution in [1.29, 1.82) is 0 Å². The van der Waals surface area contributed by atoms with Gasteiger partial charge in [-0.05, 0) is 53.5 Å². The maximum absolute atomic E-state index is 12.3. The third kappa shape index (κ3) is 3.01. The van der Waals surface area contributed by atoms with E-state index in [1.54, 1.807) is 12.1 Å². The van der Waals surface area contributed by atoms with Crippen molar-refractivity contribution >= 4 is 39.1 Å². The lowest BCUT2D eigenvalue weighted by Gasteiger charge is -2.10. The van der Waals surface area contributed by atoms with Gasteiger partial charge in [-0.2, -0.15) is 0 Å². The molecule has 1 aromatic carbocycles. The summed E-state index contributed by atoms with van der Waals surface area (Å²) in [6.45, 7) is 4.61.